The topological polar surface area (TPSA) is 68.3 Å². The van der Waals surface area contributed by atoms with Crippen molar-refractivity contribution in [1.82, 2.24) is 9.80 Å². The van der Waals surface area contributed by atoms with Gasteiger partial charge in [-0.15, -0.1) is 0 Å². The van der Waals surface area contributed by atoms with Gasteiger partial charge in [-0.25, -0.2) is 13.6 Å². The second kappa shape index (κ2) is 14.3. The Morgan fingerprint density at radius 2 is 1.87 bits per heavy atom. The van der Waals surface area contributed by atoms with Crippen molar-refractivity contribution >= 4 is 17.6 Å². The molecule has 1 heterocycles. The van der Waals surface area contributed by atoms with Crippen LogP contribution in [0, 0.1) is 24.5 Å². The lowest BCUT2D eigenvalue weighted by atomic mass is 9.83. The first-order valence-corrected chi connectivity index (χ1v) is 15.6. The molecule has 1 amide bonds. The van der Waals surface area contributed by atoms with Crippen LogP contribution in [0.2, 0.25) is 0 Å². The summed E-state index contributed by atoms with van der Waals surface area (Å²) in [6.45, 7) is 11.1. The summed E-state index contributed by atoms with van der Waals surface area (Å²) in [4.78, 5) is 28.8. The lowest BCUT2D eigenvalue weighted by Crippen LogP contribution is -2.45. The van der Waals surface area contributed by atoms with E-state index >= 15 is 4.39 Å². The highest BCUT2D eigenvalue weighted by molar-refractivity contribution is 5.79. The minimum atomic E-state index is -0.706. The molecule has 0 N–H and O–H groups in total. The number of ether oxygens (including phenoxy) is 3. The van der Waals surface area contributed by atoms with E-state index in [4.69, 9.17) is 14.2 Å². The van der Waals surface area contributed by atoms with Crippen LogP contribution in [0.1, 0.15) is 75.8 Å². The molecular formula is C35H45F3N2O5. The monoisotopic (exact) mass is 630 g/mol. The second-order valence-corrected chi connectivity index (χ2v) is 13.0. The summed E-state index contributed by atoms with van der Waals surface area (Å²) >= 11 is 0. The molecule has 1 aliphatic carbocycles. The Kier molecular flexibility index (Phi) is 10.9. The van der Waals surface area contributed by atoms with Crippen molar-refractivity contribution in [2.45, 2.75) is 78.5 Å². The molecule has 10 heteroatoms. The lowest BCUT2D eigenvalue weighted by molar-refractivity contribution is -0.145. The van der Waals surface area contributed by atoms with Crippen LogP contribution in [0.4, 0.5) is 18.0 Å². The maximum atomic E-state index is 16.0. The Hall–Kier alpha value is -3.53. The highest BCUT2D eigenvalue weighted by Crippen LogP contribution is 2.50. The Bertz CT molecular complexity index is 1440. The predicted octanol–water partition coefficient (Wildman–Crippen LogP) is 7.20. The van der Waals surface area contributed by atoms with E-state index in [2.05, 4.69) is 4.90 Å². The number of carbonyl (C=O) groups is 2. The third-order valence-electron chi connectivity index (χ3n) is 8.50. The molecule has 0 unspecified atom stereocenters. The molecule has 4 rings (SSSR count). The molecule has 2 aromatic carbocycles. The van der Waals surface area contributed by atoms with Crippen molar-refractivity contribution in [3.63, 3.8) is 0 Å². The van der Waals surface area contributed by atoms with Gasteiger partial charge in [-0.2, -0.15) is 0 Å². The van der Waals surface area contributed by atoms with E-state index in [-0.39, 0.29) is 43.9 Å². The van der Waals surface area contributed by atoms with Gasteiger partial charge >= 0.3 is 12.1 Å². The Balaban J connectivity index is 1.68. The Morgan fingerprint density at radius 3 is 2.53 bits per heavy atom. The molecule has 0 saturated carbocycles. The van der Waals surface area contributed by atoms with E-state index < -0.39 is 36.1 Å². The van der Waals surface area contributed by atoms with Crippen LogP contribution in [0.25, 0.3) is 5.57 Å². The molecule has 3 atom stereocenters. The fraction of sp³-hybridized carbons (Fsp3) is 0.543. The summed E-state index contributed by atoms with van der Waals surface area (Å²) in [6.07, 6.45) is 0.781. The number of fused-ring (bicyclic) bond motifs is 2. The summed E-state index contributed by atoms with van der Waals surface area (Å²) in [7, 11) is 1.35. The first-order valence-electron chi connectivity index (χ1n) is 15.6. The number of amides is 1. The summed E-state index contributed by atoms with van der Waals surface area (Å²) in [5.41, 5.74) is 4.14. The van der Waals surface area contributed by atoms with E-state index in [0.29, 0.717) is 36.3 Å². The highest BCUT2D eigenvalue weighted by atomic mass is 19.1. The number of benzene rings is 2. The summed E-state index contributed by atoms with van der Waals surface area (Å²) in [6, 6.07) is 7.10. The highest BCUT2D eigenvalue weighted by Gasteiger charge is 2.42. The Morgan fingerprint density at radius 1 is 1.13 bits per heavy atom. The first-order chi connectivity index (χ1) is 21.2. The molecule has 2 aliphatic rings. The van der Waals surface area contributed by atoms with Crippen molar-refractivity contribution in [2.24, 2.45) is 5.92 Å². The SMILES string of the molecule is COC(=O)[C@@H](C)CN1[C@H](C)CC2=C(Cc3ccc(F)cc32)[C@H]1c1c(F)ccc(OCCN(CCCF)C(=O)OC(C)(C)C)c1C. The summed E-state index contributed by atoms with van der Waals surface area (Å²) in [5, 5.41) is 0. The predicted molar refractivity (Wildman–Crippen MR) is 167 cm³/mol. The van der Waals surface area contributed by atoms with Crippen LogP contribution >= 0.6 is 0 Å². The van der Waals surface area contributed by atoms with Crippen LogP contribution in [0.5, 0.6) is 5.75 Å². The van der Waals surface area contributed by atoms with Gasteiger partial charge in [-0.1, -0.05) is 13.0 Å². The van der Waals surface area contributed by atoms with E-state index in [0.717, 1.165) is 22.3 Å². The normalized spacial score (nSPS) is 18.7. The smallest absolute Gasteiger partial charge is 0.410 e. The lowest BCUT2D eigenvalue weighted by Gasteiger charge is -2.43. The van der Waals surface area contributed by atoms with E-state index in [1.807, 2.05) is 6.92 Å². The Labute approximate surface area is 264 Å². The molecule has 2 aromatic rings. The zero-order valence-electron chi connectivity index (χ0n) is 27.3. The van der Waals surface area contributed by atoms with Crippen molar-refractivity contribution in [3.05, 3.63) is 69.8 Å². The molecule has 0 aromatic heterocycles. The van der Waals surface area contributed by atoms with Gasteiger partial charge in [0, 0.05) is 24.7 Å². The van der Waals surface area contributed by atoms with E-state index in [1.165, 1.54) is 24.1 Å². The number of halogens is 3. The van der Waals surface area contributed by atoms with Gasteiger partial charge in [0.1, 0.15) is 29.6 Å². The number of hydrogen-bond acceptors (Lipinski definition) is 6. The van der Waals surface area contributed by atoms with Crippen LogP contribution in [-0.2, 0) is 20.7 Å². The minimum Gasteiger partial charge on any atom is -0.491 e. The molecule has 0 fully saturated rings. The number of hydrogen-bond donors (Lipinski definition) is 0. The number of esters is 1. The zero-order valence-corrected chi connectivity index (χ0v) is 27.3. The van der Waals surface area contributed by atoms with Gasteiger partial charge in [-0.05, 0) is 106 Å². The van der Waals surface area contributed by atoms with Crippen molar-refractivity contribution in [3.8, 4) is 5.75 Å². The molecule has 7 nitrogen and oxygen atoms in total. The van der Waals surface area contributed by atoms with Gasteiger partial charge in [-0.3, -0.25) is 14.1 Å². The van der Waals surface area contributed by atoms with Crippen LogP contribution in [0.3, 0.4) is 0 Å². The first kappa shape index (κ1) is 34.3. The maximum absolute atomic E-state index is 16.0. The van der Waals surface area contributed by atoms with Crippen molar-refractivity contribution in [2.75, 3.05) is 40.0 Å². The molecule has 1 aliphatic heterocycles. The van der Waals surface area contributed by atoms with Gasteiger partial charge in [0.15, 0.2) is 0 Å². The van der Waals surface area contributed by atoms with Crippen LogP contribution < -0.4 is 4.74 Å². The molecule has 246 valence electrons. The fourth-order valence-corrected chi connectivity index (χ4v) is 6.36. The number of alkyl halides is 1. The molecule has 45 heavy (non-hydrogen) atoms. The minimum absolute atomic E-state index is 0.0836. The molecule has 0 radical (unpaired) electrons. The molecule has 0 spiro atoms. The van der Waals surface area contributed by atoms with Gasteiger partial charge < -0.3 is 19.1 Å². The number of rotatable bonds is 11. The largest absolute Gasteiger partial charge is 0.491 e. The number of carbonyl (C=O) groups excluding carboxylic acids is 2. The molecule has 0 saturated heterocycles. The second-order valence-electron chi connectivity index (χ2n) is 13.0. The third-order valence-corrected chi connectivity index (χ3v) is 8.50. The molecular weight excluding hydrogens is 585 g/mol. The van der Waals surface area contributed by atoms with Crippen molar-refractivity contribution < 1.29 is 37.0 Å². The summed E-state index contributed by atoms with van der Waals surface area (Å²) in [5.74, 6) is -1.10. The standard InChI is InChI=1S/C35H45F3N2O5/c1-21(33(41)43-7)20-40-22(2)17-27-26-19-25(37)10-9-24(26)18-28(27)32(40)31-23(3)30(12-11-29(31)38)44-16-15-39(14-8-13-36)34(42)45-35(4,5)6/h9-12,19,21-22,32H,8,13-18,20H2,1-7H3/t21-,22+,32-/m0/s1. The average molecular weight is 631 g/mol. The number of methoxy groups -OCH3 is 1. The van der Waals surface area contributed by atoms with Gasteiger partial charge in [0.25, 0.3) is 0 Å². The zero-order chi connectivity index (χ0) is 33.1. The summed E-state index contributed by atoms with van der Waals surface area (Å²) < 4.78 is 60.0. The number of nitrogens with zero attached hydrogens (tertiary/aromatic N) is 2. The van der Waals surface area contributed by atoms with E-state index in [1.54, 1.807) is 52.8 Å². The van der Waals surface area contributed by atoms with Crippen LogP contribution in [-0.4, -0.2) is 73.5 Å². The van der Waals surface area contributed by atoms with E-state index in [9.17, 15) is 18.4 Å². The maximum Gasteiger partial charge on any atom is 0.410 e. The van der Waals surface area contributed by atoms with Gasteiger partial charge in [0.05, 0.1) is 32.3 Å². The van der Waals surface area contributed by atoms with Crippen LogP contribution in [0.15, 0.2) is 35.9 Å². The fourth-order valence-electron chi connectivity index (χ4n) is 6.36. The third kappa shape index (κ3) is 7.83. The van der Waals surface area contributed by atoms with Gasteiger partial charge in [0.2, 0.25) is 0 Å². The quantitative estimate of drug-likeness (QED) is 0.245. The van der Waals surface area contributed by atoms with Crippen molar-refractivity contribution in [1.29, 1.82) is 0 Å². The average Bonchev–Trinajstić information content (AvgIpc) is 3.32. The molecule has 0 bridgehead atoms.